The third-order valence-electron chi connectivity index (χ3n) is 2.24. The van der Waals surface area contributed by atoms with Crippen molar-refractivity contribution in [1.29, 1.82) is 0 Å². The van der Waals surface area contributed by atoms with Crippen molar-refractivity contribution < 1.29 is 39.0 Å². The van der Waals surface area contributed by atoms with Crippen molar-refractivity contribution >= 4 is 0 Å². The van der Waals surface area contributed by atoms with Gasteiger partial charge in [0.15, 0.2) is 0 Å². The van der Waals surface area contributed by atoms with Gasteiger partial charge in [-0.3, -0.25) is 0 Å². The van der Waals surface area contributed by atoms with E-state index in [4.69, 9.17) is 0 Å². The van der Waals surface area contributed by atoms with Crippen LogP contribution in [-0.4, -0.2) is 0 Å². The van der Waals surface area contributed by atoms with Crippen molar-refractivity contribution in [3.63, 3.8) is 0 Å². The van der Waals surface area contributed by atoms with Gasteiger partial charge in [0.25, 0.3) is 0 Å². The SMILES string of the molecule is CCC.Cc1cc(C)cc(-c2[c-]cccc2)c1.[Rh].[Rh]. The van der Waals surface area contributed by atoms with E-state index in [-0.39, 0.29) is 39.0 Å². The minimum absolute atomic E-state index is 0. The van der Waals surface area contributed by atoms with Gasteiger partial charge in [0.05, 0.1) is 0 Å². The Morgan fingerprint density at radius 1 is 0.895 bits per heavy atom. The van der Waals surface area contributed by atoms with E-state index in [0.717, 1.165) is 0 Å². The van der Waals surface area contributed by atoms with E-state index in [0.29, 0.717) is 0 Å². The Labute approximate surface area is 143 Å². The van der Waals surface area contributed by atoms with Crippen molar-refractivity contribution in [3.8, 4) is 11.1 Å². The number of hydrogen-bond acceptors (Lipinski definition) is 0. The van der Waals surface area contributed by atoms with E-state index in [1.807, 2.05) is 18.2 Å². The number of benzene rings is 2. The largest absolute Gasteiger partial charge is 0.147 e. The molecule has 0 aliphatic carbocycles. The fourth-order valence-electron chi connectivity index (χ4n) is 1.70. The van der Waals surface area contributed by atoms with E-state index in [1.54, 1.807) is 0 Å². The summed E-state index contributed by atoms with van der Waals surface area (Å²) >= 11 is 0. The molecule has 0 saturated heterocycles. The van der Waals surface area contributed by atoms with Crippen LogP contribution in [0.3, 0.4) is 0 Å². The molecule has 0 aromatic heterocycles. The molecule has 2 radical (unpaired) electrons. The van der Waals surface area contributed by atoms with Crippen LogP contribution in [0.25, 0.3) is 11.1 Å². The zero-order chi connectivity index (χ0) is 12.7. The molecular formula is C17H21Rh2-. The fraction of sp³-hybridized carbons (Fsp3) is 0.294. The fourth-order valence-corrected chi connectivity index (χ4v) is 1.70. The zero-order valence-corrected chi connectivity index (χ0v) is 15.2. The van der Waals surface area contributed by atoms with Crippen LogP contribution in [0.1, 0.15) is 31.4 Å². The second-order valence-corrected chi connectivity index (χ2v) is 4.36. The van der Waals surface area contributed by atoms with Crippen molar-refractivity contribution in [2.24, 2.45) is 0 Å². The van der Waals surface area contributed by atoms with Crippen molar-refractivity contribution in [2.75, 3.05) is 0 Å². The van der Waals surface area contributed by atoms with Crippen LogP contribution in [-0.2, 0) is 39.0 Å². The van der Waals surface area contributed by atoms with Gasteiger partial charge in [-0.1, -0.05) is 55.2 Å². The molecule has 108 valence electrons. The summed E-state index contributed by atoms with van der Waals surface area (Å²) in [6, 6.07) is 17.9. The topological polar surface area (TPSA) is 0 Å². The normalized spacial score (nSPS) is 8.42. The van der Waals surface area contributed by atoms with E-state index >= 15 is 0 Å². The number of aryl methyl sites for hydroxylation is 2. The van der Waals surface area contributed by atoms with Crippen LogP contribution in [0.15, 0.2) is 42.5 Å². The minimum atomic E-state index is 0. The standard InChI is InChI=1S/C14H13.C3H8.2Rh/c1-11-8-12(2)10-14(9-11)13-6-4-3-5-7-13;1-3-2;;/h3-6,8-10H,1-2H3;3H2,1-2H3;;/q-1;;;. The molecule has 0 bridgehead atoms. The summed E-state index contributed by atoms with van der Waals surface area (Å²) in [7, 11) is 0. The molecular weight excluding hydrogens is 410 g/mol. The summed E-state index contributed by atoms with van der Waals surface area (Å²) in [5.41, 5.74) is 5.02. The molecule has 0 spiro atoms. The van der Waals surface area contributed by atoms with Crippen LogP contribution in [0.5, 0.6) is 0 Å². The first kappa shape index (κ1) is 21.0. The molecule has 2 aromatic rings. The summed E-state index contributed by atoms with van der Waals surface area (Å²) in [5.74, 6) is 0. The van der Waals surface area contributed by atoms with Gasteiger partial charge in [-0.25, -0.2) is 0 Å². The maximum Gasteiger partial charge on any atom is 0 e. The van der Waals surface area contributed by atoms with Gasteiger partial charge >= 0.3 is 0 Å². The zero-order valence-electron chi connectivity index (χ0n) is 11.9. The Hall–Kier alpha value is -0.313. The van der Waals surface area contributed by atoms with Gasteiger partial charge < -0.3 is 0 Å². The Balaban J connectivity index is 0. The molecule has 0 heterocycles. The van der Waals surface area contributed by atoms with Gasteiger partial charge in [-0.05, 0) is 13.8 Å². The first-order chi connectivity index (χ1) is 8.17. The third kappa shape index (κ3) is 7.76. The molecule has 0 atom stereocenters. The average molecular weight is 431 g/mol. The van der Waals surface area contributed by atoms with Gasteiger partial charge in [-0.2, -0.15) is 0 Å². The quantitative estimate of drug-likeness (QED) is 0.431. The molecule has 0 unspecified atom stereocenters. The summed E-state index contributed by atoms with van der Waals surface area (Å²) < 4.78 is 0. The predicted octanol–water partition coefficient (Wildman–Crippen LogP) is 5.18. The molecule has 0 nitrogen and oxygen atoms in total. The average Bonchev–Trinajstić information content (AvgIpc) is 2.30. The van der Waals surface area contributed by atoms with Gasteiger partial charge in [-0.15, -0.1) is 35.9 Å². The molecule has 0 aliphatic rings. The molecule has 0 fully saturated rings. The van der Waals surface area contributed by atoms with Crippen LogP contribution in [0, 0.1) is 19.9 Å². The van der Waals surface area contributed by atoms with Crippen LogP contribution >= 0.6 is 0 Å². The van der Waals surface area contributed by atoms with Crippen LogP contribution < -0.4 is 0 Å². The molecule has 2 aromatic carbocycles. The third-order valence-corrected chi connectivity index (χ3v) is 2.24. The summed E-state index contributed by atoms with van der Waals surface area (Å²) in [4.78, 5) is 0. The van der Waals surface area contributed by atoms with Gasteiger partial charge in [0, 0.05) is 39.0 Å². The first-order valence-corrected chi connectivity index (χ1v) is 6.22. The van der Waals surface area contributed by atoms with Crippen molar-refractivity contribution in [1.82, 2.24) is 0 Å². The summed E-state index contributed by atoms with van der Waals surface area (Å²) in [6.45, 7) is 8.50. The smallest absolute Gasteiger partial charge is 0 e. The Kier molecular flexibility index (Phi) is 12.7. The summed E-state index contributed by atoms with van der Waals surface area (Å²) in [6.07, 6.45) is 1.25. The molecule has 19 heavy (non-hydrogen) atoms. The van der Waals surface area contributed by atoms with Crippen molar-refractivity contribution in [3.05, 3.63) is 59.7 Å². The number of hydrogen-bond donors (Lipinski definition) is 0. The van der Waals surface area contributed by atoms with Crippen LogP contribution in [0.4, 0.5) is 0 Å². The molecule has 2 heteroatoms. The van der Waals surface area contributed by atoms with Gasteiger partial charge in [0.2, 0.25) is 0 Å². The maximum absolute atomic E-state index is 3.24. The molecule has 0 N–H and O–H groups in total. The Bertz CT molecular complexity index is 430. The van der Waals surface area contributed by atoms with Crippen molar-refractivity contribution in [2.45, 2.75) is 34.1 Å². The Morgan fingerprint density at radius 3 is 1.84 bits per heavy atom. The molecule has 0 aliphatic heterocycles. The van der Waals surface area contributed by atoms with E-state index in [9.17, 15) is 0 Å². The predicted molar refractivity (Wildman–Crippen MR) is 76.2 cm³/mol. The maximum atomic E-state index is 3.24. The van der Waals surface area contributed by atoms with Crippen LogP contribution in [0.2, 0.25) is 0 Å². The van der Waals surface area contributed by atoms with E-state index < -0.39 is 0 Å². The number of rotatable bonds is 1. The second kappa shape index (κ2) is 11.5. The minimum Gasteiger partial charge on any atom is -0.147 e. The van der Waals surface area contributed by atoms with E-state index in [1.165, 1.54) is 28.7 Å². The Morgan fingerprint density at radius 2 is 1.42 bits per heavy atom. The van der Waals surface area contributed by atoms with E-state index in [2.05, 4.69) is 58.0 Å². The molecule has 2 rings (SSSR count). The first-order valence-electron chi connectivity index (χ1n) is 6.22. The molecule has 0 amide bonds. The molecule has 0 saturated carbocycles. The summed E-state index contributed by atoms with van der Waals surface area (Å²) in [5, 5.41) is 0. The van der Waals surface area contributed by atoms with Gasteiger partial charge in [0.1, 0.15) is 0 Å². The second-order valence-electron chi connectivity index (χ2n) is 4.36. The monoisotopic (exact) mass is 431 g/mol.